The van der Waals surface area contributed by atoms with E-state index in [4.69, 9.17) is 20.3 Å². The first kappa shape index (κ1) is 24.8. The van der Waals surface area contributed by atoms with Crippen molar-refractivity contribution in [2.45, 2.75) is 25.3 Å². The van der Waals surface area contributed by atoms with Gasteiger partial charge >= 0.3 is 0 Å². The summed E-state index contributed by atoms with van der Waals surface area (Å²) in [5, 5.41) is 10.4. The lowest BCUT2D eigenvalue weighted by Gasteiger charge is -2.15. The lowest BCUT2D eigenvalue weighted by molar-refractivity contribution is 0.206. The molecular formula is C30H34N2O3S. The molecule has 36 heavy (non-hydrogen) atoms. The SMILES string of the molecule is N[C@@H](CO)COc1ccc(-c2sc3ccccc3c2Cc2ccc(OCCN3CCCC3)cc2)cc1. The van der Waals surface area contributed by atoms with Crippen LogP contribution in [0.5, 0.6) is 11.5 Å². The Kier molecular flexibility index (Phi) is 8.18. The fraction of sp³-hybridized carbons (Fsp3) is 0.333. The van der Waals surface area contributed by atoms with Gasteiger partial charge in [0.1, 0.15) is 24.7 Å². The van der Waals surface area contributed by atoms with E-state index in [1.807, 2.05) is 23.5 Å². The number of hydrogen-bond donors (Lipinski definition) is 2. The van der Waals surface area contributed by atoms with Crippen LogP contribution in [0, 0.1) is 0 Å². The summed E-state index contributed by atoms with van der Waals surface area (Å²) in [5.74, 6) is 1.69. The molecule has 0 bridgehead atoms. The van der Waals surface area contributed by atoms with Crippen LogP contribution < -0.4 is 15.2 Å². The minimum Gasteiger partial charge on any atom is -0.492 e. The molecule has 2 heterocycles. The summed E-state index contributed by atoms with van der Waals surface area (Å²) in [7, 11) is 0. The van der Waals surface area contributed by atoms with Gasteiger partial charge in [-0.1, -0.05) is 30.3 Å². The van der Waals surface area contributed by atoms with Crippen molar-refractivity contribution >= 4 is 21.4 Å². The number of thiophene rings is 1. The molecule has 0 amide bonds. The number of aliphatic hydroxyl groups excluding tert-OH is 1. The molecule has 3 N–H and O–H groups in total. The summed E-state index contributed by atoms with van der Waals surface area (Å²) in [6.07, 6.45) is 3.48. The van der Waals surface area contributed by atoms with E-state index in [1.165, 1.54) is 57.6 Å². The lowest BCUT2D eigenvalue weighted by atomic mass is 9.99. The van der Waals surface area contributed by atoms with E-state index in [9.17, 15) is 0 Å². The summed E-state index contributed by atoms with van der Waals surface area (Å²) in [5.41, 5.74) is 9.54. The van der Waals surface area contributed by atoms with E-state index >= 15 is 0 Å². The van der Waals surface area contributed by atoms with Gasteiger partial charge in [-0.3, -0.25) is 4.90 Å². The molecule has 5 nitrogen and oxygen atoms in total. The summed E-state index contributed by atoms with van der Waals surface area (Å²) < 4.78 is 13.0. The van der Waals surface area contributed by atoms with Crippen molar-refractivity contribution in [1.29, 1.82) is 0 Å². The van der Waals surface area contributed by atoms with E-state index in [2.05, 4.69) is 65.6 Å². The predicted octanol–water partition coefficient (Wildman–Crippen LogP) is 5.33. The largest absolute Gasteiger partial charge is 0.492 e. The van der Waals surface area contributed by atoms with Gasteiger partial charge in [0.05, 0.1) is 12.6 Å². The lowest BCUT2D eigenvalue weighted by Crippen LogP contribution is -2.31. The van der Waals surface area contributed by atoms with Gasteiger partial charge in [-0.05, 0) is 96.9 Å². The topological polar surface area (TPSA) is 68.0 Å². The van der Waals surface area contributed by atoms with Crippen LogP contribution in [0.3, 0.4) is 0 Å². The van der Waals surface area contributed by atoms with Gasteiger partial charge in [-0.2, -0.15) is 0 Å². The van der Waals surface area contributed by atoms with Gasteiger partial charge in [-0.15, -0.1) is 11.3 Å². The Morgan fingerprint density at radius 2 is 1.58 bits per heavy atom. The molecule has 6 heteroatoms. The fourth-order valence-electron chi connectivity index (χ4n) is 4.67. The smallest absolute Gasteiger partial charge is 0.119 e. The molecule has 0 spiro atoms. The number of rotatable bonds is 11. The molecule has 1 aliphatic rings. The number of likely N-dealkylation sites (tertiary alicyclic amines) is 1. The van der Waals surface area contributed by atoms with Gasteiger partial charge < -0.3 is 20.3 Å². The van der Waals surface area contributed by atoms with E-state index in [0.29, 0.717) is 6.61 Å². The van der Waals surface area contributed by atoms with Crippen molar-refractivity contribution in [3.8, 4) is 21.9 Å². The molecule has 1 atom stereocenters. The van der Waals surface area contributed by atoms with E-state index in [0.717, 1.165) is 31.1 Å². The normalized spacial score (nSPS) is 14.8. The van der Waals surface area contributed by atoms with E-state index in [1.54, 1.807) is 0 Å². The maximum Gasteiger partial charge on any atom is 0.119 e. The monoisotopic (exact) mass is 502 g/mol. The first-order valence-electron chi connectivity index (χ1n) is 12.7. The Bertz CT molecular complexity index is 1250. The van der Waals surface area contributed by atoms with Crippen LogP contribution in [0.15, 0.2) is 72.8 Å². The first-order valence-corrected chi connectivity index (χ1v) is 13.6. The molecule has 3 aromatic carbocycles. The highest BCUT2D eigenvalue weighted by Crippen LogP contribution is 2.40. The van der Waals surface area contributed by atoms with Crippen LogP contribution in [-0.4, -0.2) is 55.5 Å². The van der Waals surface area contributed by atoms with Crippen LogP contribution in [-0.2, 0) is 6.42 Å². The van der Waals surface area contributed by atoms with Crippen LogP contribution in [0.2, 0.25) is 0 Å². The third-order valence-corrected chi connectivity index (χ3v) is 7.95. The van der Waals surface area contributed by atoms with E-state index in [-0.39, 0.29) is 12.6 Å². The maximum atomic E-state index is 9.11. The van der Waals surface area contributed by atoms with Gasteiger partial charge in [0.2, 0.25) is 0 Å². The van der Waals surface area contributed by atoms with Gasteiger partial charge in [-0.25, -0.2) is 0 Å². The summed E-state index contributed by atoms with van der Waals surface area (Å²) in [6, 6.07) is 25.0. The van der Waals surface area contributed by atoms with E-state index < -0.39 is 0 Å². The molecule has 1 aliphatic heterocycles. The first-order chi connectivity index (χ1) is 17.7. The second kappa shape index (κ2) is 11.9. The molecule has 0 saturated carbocycles. The molecule has 0 unspecified atom stereocenters. The van der Waals surface area contributed by atoms with Crippen molar-refractivity contribution in [2.24, 2.45) is 5.73 Å². The number of hydrogen-bond acceptors (Lipinski definition) is 6. The van der Waals surface area contributed by atoms with Crippen LogP contribution in [0.25, 0.3) is 20.5 Å². The maximum absolute atomic E-state index is 9.11. The highest BCUT2D eigenvalue weighted by atomic mass is 32.1. The van der Waals surface area contributed by atoms with Gasteiger partial charge in [0.25, 0.3) is 0 Å². The highest BCUT2D eigenvalue weighted by Gasteiger charge is 2.15. The van der Waals surface area contributed by atoms with Crippen molar-refractivity contribution in [1.82, 2.24) is 4.90 Å². The summed E-state index contributed by atoms with van der Waals surface area (Å²) >= 11 is 1.83. The summed E-state index contributed by atoms with van der Waals surface area (Å²) in [6.45, 7) is 4.35. The zero-order valence-corrected chi connectivity index (χ0v) is 21.4. The van der Waals surface area contributed by atoms with Crippen molar-refractivity contribution in [3.63, 3.8) is 0 Å². The molecule has 0 radical (unpaired) electrons. The Labute approximate surface area is 217 Å². The molecule has 1 saturated heterocycles. The third kappa shape index (κ3) is 6.08. The number of nitrogens with two attached hydrogens (primary N) is 1. The number of benzene rings is 3. The Morgan fingerprint density at radius 3 is 2.33 bits per heavy atom. The second-order valence-electron chi connectivity index (χ2n) is 9.40. The Balaban J connectivity index is 1.30. The highest BCUT2D eigenvalue weighted by molar-refractivity contribution is 7.22. The summed E-state index contributed by atoms with van der Waals surface area (Å²) in [4.78, 5) is 3.75. The number of fused-ring (bicyclic) bond motifs is 1. The second-order valence-corrected chi connectivity index (χ2v) is 10.5. The Morgan fingerprint density at radius 1 is 0.889 bits per heavy atom. The van der Waals surface area contributed by atoms with Gasteiger partial charge in [0.15, 0.2) is 0 Å². The third-order valence-electron chi connectivity index (χ3n) is 6.69. The average molecular weight is 503 g/mol. The molecule has 4 aromatic rings. The zero-order chi connectivity index (χ0) is 24.7. The minimum atomic E-state index is -0.374. The molecular weight excluding hydrogens is 468 g/mol. The molecule has 1 fully saturated rings. The quantitative estimate of drug-likeness (QED) is 0.290. The van der Waals surface area contributed by atoms with Crippen LogP contribution >= 0.6 is 11.3 Å². The molecule has 188 valence electrons. The van der Waals surface area contributed by atoms with Crippen molar-refractivity contribution in [2.75, 3.05) is 39.5 Å². The molecule has 0 aliphatic carbocycles. The zero-order valence-electron chi connectivity index (χ0n) is 20.6. The van der Waals surface area contributed by atoms with Crippen LogP contribution in [0.4, 0.5) is 0 Å². The molecule has 1 aromatic heterocycles. The average Bonchev–Trinajstić information content (AvgIpc) is 3.57. The Hall–Kier alpha value is -2.90. The van der Waals surface area contributed by atoms with Crippen molar-refractivity contribution in [3.05, 3.63) is 83.9 Å². The minimum absolute atomic E-state index is 0.0884. The predicted molar refractivity (Wildman–Crippen MR) is 148 cm³/mol. The van der Waals surface area contributed by atoms with Crippen molar-refractivity contribution < 1.29 is 14.6 Å². The van der Waals surface area contributed by atoms with Crippen LogP contribution in [0.1, 0.15) is 24.0 Å². The number of nitrogens with zero attached hydrogens (tertiary/aromatic N) is 1. The molecule has 5 rings (SSSR count). The standard InChI is InChI=1S/C30H34N2O3S/c31-24(20-33)21-35-26-13-9-23(10-14-26)30-28(27-5-1-2-6-29(27)36-30)19-22-7-11-25(12-8-22)34-18-17-32-15-3-4-16-32/h1-2,5-14,24,33H,3-4,15-21,31H2/t24-/m0/s1. The fourth-order valence-corrected chi connectivity index (χ4v) is 5.90. The van der Waals surface area contributed by atoms with Gasteiger partial charge in [0, 0.05) is 16.1 Å². The number of aliphatic hydroxyl groups is 1. The number of ether oxygens (including phenoxy) is 2.